The van der Waals surface area contributed by atoms with Gasteiger partial charge in [-0.1, -0.05) is 65.7 Å². The lowest BCUT2D eigenvalue weighted by molar-refractivity contribution is -0.119. The first kappa shape index (κ1) is 37.3. The van der Waals surface area contributed by atoms with Crippen LogP contribution in [0.1, 0.15) is 44.7 Å². The third kappa shape index (κ3) is 8.61. The molecule has 2 aromatic heterocycles. The van der Waals surface area contributed by atoms with Crippen molar-refractivity contribution in [3.05, 3.63) is 81.8 Å². The van der Waals surface area contributed by atoms with Crippen LogP contribution in [0.15, 0.2) is 60.7 Å². The summed E-state index contributed by atoms with van der Waals surface area (Å²) in [6.07, 6.45) is 0.568. The molecule has 1 saturated heterocycles. The van der Waals surface area contributed by atoms with E-state index in [1.54, 1.807) is 4.90 Å². The number of aliphatic hydroxyl groups excluding tert-OH is 1. The second-order valence-electron chi connectivity index (χ2n) is 13.9. The highest BCUT2D eigenvalue weighted by molar-refractivity contribution is 6.39. The predicted molar refractivity (Wildman–Crippen MR) is 201 cm³/mol. The molecule has 2 aliphatic heterocycles. The van der Waals surface area contributed by atoms with Gasteiger partial charge in [-0.15, -0.1) is 0 Å². The monoisotopic (exact) mass is 747 g/mol. The van der Waals surface area contributed by atoms with Crippen molar-refractivity contribution in [2.75, 3.05) is 40.0 Å². The number of nitrogens with one attached hydrogen (secondary N) is 1. The van der Waals surface area contributed by atoms with E-state index in [0.717, 1.165) is 22.3 Å². The number of methoxy groups -OCH3 is 1. The van der Waals surface area contributed by atoms with Gasteiger partial charge in [0.05, 0.1) is 41.7 Å². The number of ether oxygens (including phenoxy) is 3. The van der Waals surface area contributed by atoms with Crippen LogP contribution in [0.25, 0.3) is 33.6 Å². The molecule has 0 radical (unpaired) electrons. The SMILES string of the molecule is COc1nc(-c2cccc(-c3cccc(-c4ccc5c(n4)OCCN(CCO)C5)c3Cl)c2Cl)ccc1CN(C[C@@H]1CCC(=O)N1)C(=O)OC(C)(C)C. The smallest absolute Gasteiger partial charge is 0.410 e. The van der Waals surface area contributed by atoms with Crippen LogP contribution in [0.4, 0.5) is 4.79 Å². The quantitative estimate of drug-likeness (QED) is 0.177. The number of amides is 2. The molecule has 2 aliphatic rings. The van der Waals surface area contributed by atoms with Gasteiger partial charge in [-0.25, -0.2) is 14.8 Å². The Hall–Kier alpha value is -4.42. The highest BCUT2D eigenvalue weighted by Gasteiger charge is 2.29. The van der Waals surface area contributed by atoms with Crippen molar-refractivity contribution in [3.8, 4) is 45.4 Å². The third-order valence-electron chi connectivity index (χ3n) is 8.91. The number of rotatable bonds is 10. The number of benzene rings is 2. The van der Waals surface area contributed by atoms with Gasteiger partial charge in [0.1, 0.15) is 12.2 Å². The normalized spacial score (nSPS) is 16.1. The number of hydrogen-bond donors (Lipinski definition) is 2. The van der Waals surface area contributed by atoms with Crippen LogP contribution in [-0.4, -0.2) is 88.5 Å². The fraction of sp³-hybridized carbons (Fsp3) is 0.385. The Balaban J connectivity index is 1.28. The van der Waals surface area contributed by atoms with Crippen molar-refractivity contribution < 1.29 is 28.9 Å². The Bertz CT molecular complexity index is 1950. The minimum atomic E-state index is -0.695. The van der Waals surface area contributed by atoms with Crippen LogP contribution in [0.5, 0.6) is 11.8 Å². The van der Waals surface area contributed by atoms with E-state index in [1.165, 1.54) is 7.11 Å². The van der Waals surface area contributed by atoms with E-state index >= 15 is 0 Å². The zero-order valence-corrected chi connectivity index (χ0v) is 31.3. The number of halogens is 2. The van der Waals surface area contributed by atoms with Gasteiger partial charge in [-0.05, 0) is 45.4 Å². The molecule has 4 heterocycles. The van der Waals surface area contributed by atoms with Gasteiger partial charge in [0.15, 0.2) is 0 Å². The van der Waals surface area contributed by atoms with E-state index in [-0.39, 0.29) is 31.6 Å². The van der Waals surface area contributed by atoms with Crippen molar-refractivity contribution >= 4 is 35.2 Å². The Morgan fingerprint density at radius 1 is 1.00 bits per heavy atom. The first-order valence-electron chi connectivity index (χ1n) is 17.3. The molecular weight excluding hydrogens is 705 g/mol. The summed E-state index contributed by atoms with van der Waals surface area (Å²) in [5.74, 6) is 0.860. The number of nitrogens with zero attached hydrogens (tertiary/aromatic N) is 4. The van der Waals surface area contributed by atoms with E-state index in [1.807, 2.05) is 81.4 Å². The van der Waals surface area contributed by atoms with E-state index in [2.05, 4.69) is 10.2 Å². The maximum atomic E-state index is 13.3. The zero-order valence-electron chi connectivity index (χ0n) is 29.7. The summed E-state index contributed by atoms with van der Waals surface area (Å²) in [7, 11) is 1.53. The summed E-state index contributed by atoms with van der Waals surface area (Å²) < 4.78 is 17.4. The lowest BCUT2D eigenvalue weighted by Crippen LogP contribution is -2.43. The maximum Gasteiger partial charge on any atom is 0.410 e. The van der Waals surface area contributed by atoms with Gasteiger partial charge in [0.2, 0.25) is 17.7 Å². The Labute approximate surface area is 313 Å². The van der Waals surface area contributed by atoms with Crippen LogP contribution in [0, 0.1) is 0 Å². The van der Waals surface area contributed by atoms with Crippen molar-refractivity contribution in [1.82, 2.24) is 25.1 Å². The number of carbonyl (C=O) groups excluding carboxylic acids is 2. The average Bonchev–Trinajstić information content (AvgIpc) is 3.41. The number of carbonyl (C=O) groups is 2. The summed E-state index contributed by atoms with van der Waals surface area (Å²) >= 11 is 14.2. The highest BCUT2D eigenvalue weighted by atomic mass is 35.5. The topological polar surface area (TPSA) is 126 Å². The van der Waals surface area contributed by atoms with Crippen LogP contribution < -0.4 is 14.8 Å². The third-order valence-corrected chi connectivity index (χ3v) is 9.72. The summed E-state index contributed by atoms with van der Waals surface area (Å²) in [5.41, 5.74) is 5.03. The lowest BCUT2D eigenvalue weighted by Gasteiger charge is -2.29. The number of aliphatic hydroxyl groups is 1. The number of β-amino-alcohol motifs (C(OH)–C–C–N with tert-alkyl or cyclic N) is 1. The maximum absolute atomic E-state index is 13.3. The Morgan fingerprint density at radius 2 is 1.65 bits per heavy atom. The van der Waals surface area contributed by atoms with Gasteiger partial charge in [0, 0.05) is 72.0 Å². The molecule has 4 aromatic rings. The van der Waals surface area contributed by atoms with Crippen LogP contribution in [-0.2, 0) is 22.6 Å². The van der Waals surface area contributed by atoms with Gasteiger partial charge in [-0.3, -0.25) is 9.69 Å². The van der Waals surface area contributed by atoms with Crippen molar-refractivity contribution in [3.63, 3.8) is 0 Å². The number of aromatic nitrogens is 2. The minimum absolute atomic E-state index is 0.0304. The Kier molecular flexibility index (Phi) is 11.5. The number of fused-ring (bicyclic) bond motifs is 1. The molecule has 1 atom stereocenters. The van der Waals surface area contributed by atoms with Gasteiger partial charge < -0.3 is 29.5 Å². The van der Waals surface area contributed by atoms with Crippen molar-refractivity contribution in [2.45, 2.75) is 58.3 Å². The highest BCUT2D eigenvalue weighted by Crippen LogP contribution is 2.42. The lowest BCUT2D eigenvalue weighted by atomic mass is 9.98. The average molecular weight is 749 g/mol. The first-order chi connectivity index (χ1) is 24.9. The van der Waals surface area contributed by atoms with E-state index < -0.39 is 11.7 Å². The molecule has 0 unspecified atom stereocenters. The van der Waals surface area contributed by atoms with Crippen molar-refractivity contribution in [2.24, 2.45) is 0 Å². The summed E-state index contributed by atoms with van der Waals surface area (Å²) in [6, 6.07) is 18.9. The molecule has 13 heteroatoms. The van der Waals surface area contributed by atoms with Crippen LogP contribution >= 0.6 is 23.2 Å². The van der Waals surface area contributed by atoms with Gasteiger partial charge >= 0.3 is 6.09 Å². The number of hydrogen-bond acceptors (Lipinski definition) is 9. The first-order valence-corrected chi connectivity index (χ1v) is 18.0. The molecule has 0 aliphatic carbocycles. The molecule has 0 saturated carbocycles. The van der Waals surface area contributed by atoms with E-state index in [9.17, 15) is 14.7 Å². The summed E-state index contributed by atoms with van der Waals surface area (Å²) in [6.45, 7) is 8.36. The van der Waals surface area contributed by atoms with Crippen LogP contribution in [0.2, 0.25) is 10.0 Å². The fourth-order valence-corrected chi connectivity index (χ4v) is 7.05. The van der Waals surface area contributed by atoms with E-state index in [0.29, 0.717) is 83.4 Å². The molecule has 2 N–H and O–H groups in total. The molecule has 0 spiro atoms. The second-order valence-corrected chi connectivity index (χ2v) is 14.6. The molecule has 1 fully saturated rings. The predicted octanol–water partition coefficient (Wildman–Crippen LogP) is 7.00. The molecule has 274 valence electrons. The summed E-state index contributed by atoms with van der Waals surface area (Å²) in [5, 5.41) is 13.3. The molecule has 0 bridgehead atoms. The van der Waals surface area contributed by atoms with Gasteiger partial charge in [0.25, 0.3) is 0 Å². The molecule has 52 heavy (non-hydrogen) atoms. The van der Waals surface area contributed by atoms with Gasteiger partial charge in [-0.2, -0.15) is 0 Å². The Morgan fingerprint density at radius 3 is 2.27 bits per heavy atom. The largest absolute Gasteiger partial charge is 0.481 e. The standard InChI is InChI=1S/C39H43Cl2N5O6/c1-39(2,3)52-38(49)46(23-26-13-16-33(48)42-26)22-25-12-15-31(43-36(25)50-4)29-9-5-7-27(34(29)40)28-8-6-10-30(35(28)41)32-14-11-24-21-45(17-19-47)18-20-51-37(24)44-32/h5-12,14-15,26,47H,13,16-23H2,1-4H3,(H,42,48)/t26-/m0/s1. The summed E-state index contributed by atoms with van der Waals surface area (Å²) in [4.78, 5) is 38.5. The fourth-order valence-electron chi connectivity index (χ4n) is 6.40. The molecule has 2 amide bonds. The van der Waals surface area contributed by atoms with E-state index in [4.69, 9.17) is 47.4 Å². The number of pyridine rings is 2. The zero-order chi connectivity index (χ0) is 37.0. The molecule has 2 aromatic carbocycles. The molecule has 11 nitrogen and oxygen atoms in total. The van der Waals surface area contributed by atoms with Crippen LogP contribution in [0.3, 0.4) is 0 Å². The molecular formula is C39H43Cl2N5O6. The minimum Gasteiger partial charge on any atom is -0.481 e. The van der Waals surface area contributed by atoms with Crippen molar-refractivity contribution in [1.29, 1.82) is 0 Å². The molecule has 6 rings (SSSR count). The second kappa shape index (κ2) is 16.1.